The van der Waals surface area contributed by atoms with Crippen molar-refractivity contribution in [1.82, 2.24) is 20.0 Å². The highest BCUT2D eigenvalue weighted by molar-refractivity contribution is 7.12. The quantitative estimate of drug-likeness (QED) is 0.656. The number of carbonyl (C=O) groups excluding carboxylic acids is 1. The largest absolute Gasteiger partial charge is 0.354 e. The average Bonchev–Trinajstić information content (AvgIpc) is 3.36. The van der Waals surface area contributed by atoms with Gasteiger partial charge in [0.1, 0.15) is 5.82 Å². The van der Waals surface area contributed by atoms with E-state index in [1.807, 2.05) is 34.5 Å². The SMILES string of the molecule is CCCc1noc(-c2cccnc2N2CCCN(C(=O)c3cccs3)CC2)n1. The maximum absolute atomic E-state index is 12.7. The second kappa shape index (κ2) is 8.52. The molecule has 0 aromatic carbocycles. The van der Waals surface area contributed by atoms with Gasteiger partial charge in [0.05, 0.1) is 10.4 Å². The van der Waals surface area contributed by atoms with Gasteiger partial charge in [-0.1, -0.05) is 18.1 Å². The van der Waals surface area contributed by atoms with Gasteiger partial charge < -0.3 is 14.3 Å². The molecule has 4 heterocycles. The van der Waals surface area contributed by atoms with E-state index >= 15 is 0 Å². The molecule has 1 fully saturated rings. The molecule has 7 nitrogen and oxygen atoms in total. The van der Waals surface area contributed by atoms with Crippen LogP contribution in [-0.4, -0.2) is 52.1 Å². The van der Waals surface area contributed by atoms with Crippen LogP contribution in [-0.2, 0) is 6.42 Å². The minimum absolute atomic E-state index is 0.110. The molecule has 1 amide bonds. The molecule has 0 aliphatic carbocycles. The van der Waals surface area contributed by atoms with Crippen molar-refractivity contribution in [2.75, 3.05) is 31.1 Å². The first kappa shape index (κ1) is 18.6. The van der Waals surface area contributed by atoms with Crippen LogP contribution in [0.15, 0.2) is 40.4 Å². The standard InChI is InChI=1S/C20H23N5O2S/c1-2-6-17-22-19(27-23-17)15-7-3-9-21-18(15)24-10-5-11-25(13-12-24)20(26)16-8-4-14-28-16/h3-4,7-9,14H,2,5-6,10-13H2,1H3. The second-order valence-corrected chi connectivity index (χ2v) is 7.70. The Hall–Kier alpha value is -2.74. The van der Waals surface area contributed by atoms with Gasteiger partial charge in [-0.3, -0.25) is 4.79 Å². The lowest BCUT2D eigenvalue weighted by Crippen LogP contribution is -2.35. The molecule has 3 aromatic rings. The van der Waals surface area contributed by atoms with E-state index in [1.54, 1.807) is 6.20 Å². The summed E-state index contributed by atoms with van der Waals surface area (Å²) < 4.78 is 5.48. The van der Waals surface area contributed by atoms with E-state index in [4.69, 9.17) is 4.52 Å². The van der Waals surface area contributed by atoms with Crippen LogP contribution in [0.4, 0.5) is 5.82 Å². The second-order valence-electron chi connectivity index (χ2n) is 6.75. The number of anilines is 1. The highest BCUT2D eigenvalue weighted by atomic mass is 32.1. The molecule has 4 rings (SSSR count). The van der Waals surface area contributed by atoms with Crippen LogP contribution in [0.1, 0.15) is 35.3 Å². The lowest BCUT2D eigenvalue weighted by atomic mass is 10.2. The molecule has 1 aliphatic heterocycles. The molecule has 0 atom stereocenters. The Bertz CT molecular complexity index is 924. The van der Waals surface area contributed by atoms with Gasteiger partial charge in [-0.15, -0.1) is 11.3 Å². The van der Waals surface area contributed by atoms with Crippen LogP contribution < -0.4 is 4.90 Å². The Morgan fingerprint density at radius 3 is 2.96 bits per heavy atom. The van der Waals surface area contributed by atoms with Crippen molar-refractivity contribution in [3.8, 4) is 11.5 Å². The Balaban J connectivity index is 1.52. The topological polar surface area (TPSA) is 75.4 Å². The smallest absolute Gasteiger partial charge is 0.263 e. The molecule has 3 aromatic heterocycles. The number of thiophene rings is 1. The van der Waals surface area contributed by atoms with Gasteiger partial charge in [-0.25, -0.2) is 4.98 Å². The summed E-state index contributed by atoms with van der Waals surface area (Å²) in [4.78, 5) is 26.7. The van der Waals surface area contributed by atoms with Crippen LogP contribution in [0, 0.1) is 0 Å². The van der Waals surface area contributed by atoms with Gasteiger partial charge >= 0.3 is 0 Å². The number of pyridine rings is 1. The van der Waals surface area contributed by atoms with Crippen LogP contribution in [0.25, 0.3) is 11.5 Å². The highest BCUT2D eigenvalue weighted by Crippen LogP contribution is 2.28. The van der Waals surface area contributed by atoms with Crippen molar-refractivity contribution in [1.29, 1.82) is 0 Å². The van der Waals surface area contributed by atoms with Gasteiger partial charge in [0.15, 0.2) is 5.82 Å². The first-order valence-corrected chi connectivity index (χ1v) is 10.5. The minimum atomic E-state index is 0.110. The number of hydrogen-bond acceptors (Lipinski definition) is 7. The summed E-state index contributed by atoms with van der Waals surface area (Å²) in [7, 11) is 0. The third-order valence-electron chi connectivity index (χ3n) is 4.77. The molecule has 0 radical (unpaired) electrons. The minimum Gasteiger partial charge on any atom is -0.354 e. The number of rotatable bonds is 5. The van der Waals surface area contributed by atoms with Crippen LogP contribution in [0.2, 0.25) is 0 Å². The van der Waals surface area contributed by atoms with E-state index in [2.05, 4.69) is 26.9 Å². The summed E-state index contributed by atoms with van der Waals surface area (Å²) in [5.41, 5.74) is 0.843. The van der Waals surface area contributed by atoms with Crippen molar-refractivity contribution < 1.29 is 9.32 Å². The summed E-state index contributed by atoms with van der Waals surface area (Å²) >= 11 is 1.49. The van der Waals surface area contributed by atoms with Crippen LogP contribution in [0.3, 0.4) is 0 Å². The molecular formula is C20H23N5O2S. The molecule has 146 valence electrons. The van der Waals surface area contributed by atoms with Crippen LogP contribution in [0.5, 0.6) is 0 Å². The van der Waals surface area contributed by atoms with E-state index in [1.165, 1.54) is 11.3 Å². The lowest BCUT2D eigenvalue weighted by Gasteiger charge is -2.23. The number of nitrogens with zero attached hydrogens (tertiary/aromatic N) is 5. The van der Waals surface area contributed by atoms with Gasteiger partial charge in [0.2, 0.25) is 0 Å². The van der Waals surface area contributed by atoms with Crippen molar-refractivity contribution in [2.24, 2.45) is 0 Å². The predicted octanol–water partition coefficient (Wildman–Crippen LogP) is 3.50. The summed E-state index contributed by atoms with van der Waals surface area (Å²) in [6, 6.07) is 7.65. The lowest BCUT2D eigenvalue weighted by molar-refractivity contribution is 0.0772. The molecule has 0 bridgehead atoms. The molecule has 1 aliphatic rings. The van der Waals surface area contributed by atoms with Gasteiger partial charge in [-0.05, 0) is 36.4 Å². The summed E-state index contributed by atoms with van der Waals surface area (Å²) in [6.07, 6.45) is 4.43. The first-order valence-electron chi connectivity index (χ1n) is 9.62. The molecule has 1 saturated heterocycles. The molecule has 8 heteroatoms. The Morgan fingerprint density at radius 1 is 1.21 bits per heavy atom. The number of aromatic nitrogens is 3. The van der Waals surface area contributed by atoms with Gasteiger partial charge in [0, 0.05) is 38.8 Å². The third kappa shape index (κ3) is 3.91. The Morgan fingerprint density at radius 2 is 2.14 bits per heavy atom. The molecule has 0 saturated carbocycles. The number of hydrogen-bond donors (Lipinski definition) is 0. The molecule has 28 heavy (non-hydrogen) atoms. The third-order valence-corrected chi connectivity index (χ3v) is 5.63. The summed E-state index contributed by atoms with van der Waals surface area (Å²) in [5, 5.41) is 6.01. The maximum atomic E-state index is 12.7. The normalized spacial score (nSPS) is 14.9. The van der Waals surface area contributed by atoms with Crippen molar-refractivity contribution >= 4 is 23.1 Å². The zero-order chi connectivity index (χ0) is 19.3. The summed E-state index contributed by atoms with van der Waals surface area (Å²) in [6.45, 7) is 5.05. The maximum Gasteiger partial charge on any atom is 0.263 e. The molecule has 0 spiro atoms. The fourth-order valence-corrected chi connectivity index (χ4v) is 4.08. The van der Waals surface area contributed by atoms with Crippen LogP contribution >= 0.6 is 11.3 Å². The van der Waals surface area contributed by atoms with Crippen molar-refractivity contribution in [2.45, 2.75) is 26.2 Å². The van der Waals surface area contributed by atoms with Gasteiger partial charge in [-0.2, -0.15) is 4.98 Å². The van der Waals surface area contributed by atoms with Crippen molar-refractivity contribution in [3.05, 3.63) is 46.5 Å². The molecule has 0 N–H and O–H groups in total. The number of amides is 1. The number of carbonyl (C=O) groups is 1. The zero-order valence-corrected chi connectivity index (χ0v) is 16.7. The van der Waals surface area contributed by atoms with E-state index in [0.717, 1.165) is 61.0 Å². The molecule has 0 unspecified atom stereocenters. The monoisotopic (exact) mass is 397 g/mol. The Kier molecular flexibility index (Phi) is 5.66. The van der Waals surface area contributed by atoms with E-state index in [9.17, 15) is 4.79 Å². The highest BCUT2D eigenvalue weighted by Gasteiger charge is 2.24. The number of aryl methyl sites for hydroxylation is 1. The van der Waals surface area contributed by atoms with Crippen molar-refractivity contribution in [3.63, 3.8) is 0 Å². The zero-order valence-electron chi connectivity index (χ0n) is 15.9. The van der Waals surface area contributed by atoms with E-state index in [-0.39, 0.29) is 5.91 Å². The fraction of sp³-hybridized carbons (Fsp3) is 0.400. The average molecular weight is 398 g/mol. The van der Waals surface area contributed by atoms with E-state index < -0.39 is 0 Å². The van der Waals surface area contributed by atoms with Gasteiger partial charge in [0.25, 0.3) is 11.8 Å². The fourth-order valence-electron chi connectivity index (χ4n) is 3.39. The Labute approximate surface area is 168 Å². The molecular weight excluding hydrogens is 374 g/mol. The predicted molar refractivity (Wildman–Crippen MR) is 109 cm³/mol. The summed E-state index contributed by atoms with van der Waals surface area (Å²) in [5.74, 6) is 2.16. The first-order chi connectivity index (χ1) is 13.8. The van der Waals surface area contributed by atoms with E-state index in [0.29, 0.717) is 12.4 Å².